The molecule has 1 saturated carbocycles. The number of benzene rings is 1. The minimum absolute atomic E-state index is 0.0626. The van der Waals surface area contributed by atoms with Crippen molar-refractivity contribution < 1.29 is 0 Å². The molecule has 106 valence electrons. The summed E-state index contributed by atoms with van der Waals surface area (Å²) in [5.41, 5.74) is 0.695. The van der Waals surface area contributed by atoms with E-state index in [4.69, 9.17) is 0 Å². The number of H-pyrrole nitrogens is 1. The molecule has 0 atom stereocenters. The number of aromatic amines is 1. The van der Waals surface area contributed by atoms with Crippen molar-refractivity contribution in [2.75, 3.05) is 4.90 Å². The summed E-state index contributed by atoms with van der Waals surface area (Å²) in [4.78, 5) is 23.3. The van der Waals surface area contributed by atoms with Gasteiger partial charge < -0.3 is 4.90 Å². The summed E-state index contributed by atoms with van der Waals surface area (Å²) >= 11 is 1.74. The van der Waals surface area contributed by atoms with Crippen molar-refractivity contribution in [2.24, 2.45) is 0 Å². The molecule has 0 radical (unpaired) electrons. The van der Waals surface area contributed by atoms with Gasteiger partial charge in [-0.05, 0) is 36.4 Å². The Labute approximate surface area is 126 Å². The predicted octanol–water partition coefficient (Wildman–Crippen LogP) is 3.15. The van der Waals surface area contributed by atoms with Gasteiger partial charge in [0.2, 0.25) is 5.95 Å². The van der Waals surface area contributed by atoms with Crippen molar-refractivity contribution >= 4 is 28.2 Å². The van der Waals surface area contributed by atoms with Gasteiger partial charge in [0.05, 0.1) is 17.4 Å². The van der Waals surface area contributed by atoms with Gasteiger partial charge >= 0.3 is 0 Å². The fourth-order valence-electron chi connectivity index (χ4n) is 2.54. The minimum Gasteiger partial charge on any atom is -0.334 e. The monoisotopic (exact) mass is 297 g/mol. The molecule has 4 nitrogen and oxygen atoms in total. The van der Waals surface area contributed by atoms with Gasteiger partial charge in [0.25, 0.3) is 5.56 Å². The van der Waals surface area contributed by atoms with Crippen molar-refractivity contribution in [1.82, 2.24) is 9.97 Å². The zero-order valence-corrected chi connectivity index (χ0v) is 12.3. The predicted molar refractivity (Wildman–Crippen MR) is 85.9 cm³/mol. The summed E-state index contributed by atoms with van der Waals surface area (Å²) in [6.45, 7) is 0.809. The van der Waals surface area contributed by atoms with Crippen LogP contribution in [0.25, 0.3) is 10.9 Å². The maximum absolute atomic E-state index is 12.2. The van der Waals surface area contributed by atoms with Crippen molar-refractivity contribution in [1.29, 1.82) is 0 Å². The van der Waals surface area contributed by atoms with Crippen LogP contribution in [0.2, 0.25) is 0 Å². The van der Waals surface area contributed by atoms with Crippen molar-refractivity contribution in [3.05, 3.63) is 57.0 Å². The van der Waals surface area contributed by atoms with Crippen molar-refractivity contribution in [3.63, 3.8) is 0 Å². The highest BCUT2D eigenvalue weighted by Crippen LogP contribution is 2.32. The van der Waals surface area contributed by atoms with E-state index in [9.17, 15) is 4.79 Å². The van der Waals surface area contributed by atoms with Crippen LogP contribution in [-0.4, -0.2) is 16.0 Å². The molecular weight excluding hydrogens is 282 g/mol. The second-order valence-electron chi connectivity index (χ2n) is 5.35. The van der Waals surface area contributed by atoms with Crippen LogP contribution in [0.1, 0.15) is 17.7 Å². The molecular formula is C16H15N3OS. The Morgan fingerprint density at radius 2 is 2.10 bits per heavy atom. The van der Waals surface area contributed by atoms with E-state index in [0.29, 0.717) is 17.4 Å². The molecule has 1 aliphatic carbocycles. The number of hydrogen-bond donors (Lipinski definition) is 1. The molecule has 0 amide bonds. The summed E-state index contributed by atoms with van der Waals surface area (Å²) in [6, 6.07) is 12.2. The number of fused-ring (bicyclic) bond motifs is 1. The number of nitrogens with zero attached hydrogens (tertiary/aromatic N) is 2. The second kappa shape index (κ2) is 5.00. The molecule has 4 rings (SSSR count). The molecule has 0 unspecified atom stereocenters. The van der Waals surface area contributed by atoms with E-state index in [-0.39, 0.29) is 5.56 Å². The van der Waals surface area contributed by atoms with E-state index in [2.05, 4.69) is 32.4 Å². The molecule has 5 heteroatoms. The number of para-hydroxylation sites is 1. The van der Waals surface area contributed by atoms with E-state index in [1.54, 1.807) is 11.3 Å². The maximum atomic E-state index is 12.2. The first-order valence-electron chi connectivity index (χ1n) is 7.09. The molecule has 0 spiro atoms. The Kier molecular flexibility index (Phi) is 3.00. The van der Waals surface area contributed by atoms with E-state index in [1.165, 1.54) is 17.7 Å². The van der Waals surface area contributed by atoms with Gasteiger partial charge in [0, 0.05) is 10.9 Å². The first kappa shape index (κ1) is 12.6. The molecule has 3 aromatic rings. The van der Waals surface area contributed by atoms with Crippen molar-refractivity contribution in [3.8, 4) is 0 Å². The van der Waals surface area contributed by atoms with Crippen LogP contribution in [-0.2, 0) is 6.54 Å². The first-order chi connectivity index (χ1) is 10.3. The molecule has 1 N–H and O–H groups in total. The summed E-state index contributed by atoms with van der Waals surface area (Å²) in [6.07, 6.45) is 2.34. The van der Waals surface area contributed by atoms with Gasteiger partial charge in [0.15, 0.2) is 0 Å². The van der Waals surface area contributed by atoms with Gasteiger partial charge in [-0.2, -0.15) is 0 Å². The third kappa shape index (κ3) is 2.45. The van der Waals surface area contributed by atoms with E-state index in [0.717, 1.165) is 12.1 Å². The summed E-state index contributed by atoms with van der Waals surface area (Å²) in [5.74, 6) is 0.689. The lowest BCUT2D eigenvalue weighted by Gasteiger charge is -2.22. The topological polar surface area (TPSA) is 49.0 Å². The van der Waals surface area contributed by atoms with Gasteiger partial charge in [-0.3, -0.25) is 9.78 Å². The summed E-state index contributed by atoms with van der Waals surface area (Å²) < 4.78 is 0. The van der Waals surface area contributed by atoms with Gasteiger partial charge in [0.1, 0.15) is 0 Å². The highest BCUT2D eigenvalue weighted by Gasteiger charge is 2.31. The van der Waals surface area contributed by atoms with Crippen LogP contribution >= 0.6 is 11.3 Å². The fourth-order valence-corrected chi connectivity index (χ4v) is 3.25. The van der Waals surface area contributed by atoms with Crippen LogP contribution in [0.15, 0.2) is 46.6 Å². The number of hydrogen-bond acceptors (Lipinski definition) is 4. The zero-order valence-electron chi connectivity index (χ0n) is 11.5. The Bertz CT molecular complexity index is 821. The minimum atomic E-state index is -0.0626. The van der Waals surface area contributed by atoms with Crippen LogP contribution in [0, 0.1) is 0 Å². The van der Waals surface area contributed by atoms with Crippen LogP contribution in [0.3, 0.4) is 0 Å². The molecule has 2 heterocycles. The quantitative estimate of drug-likeness (QED) is 0.805. The lowest BCUT2D eigenvalue weighted by Crippen LogP contribution is -2.28. The Morgan fingerprint density at radius 3 is 2.86 bits per heavy atom. The first-order valence-corrected chi connectivity index (χ1v) is 7.97. The number of aromatic nitrogens is 2. The molecule has 2 aromatic heterocycles. The van der Waals surface area contributed by atoms with E-state index >= 15 is 0 Å². The van der Waals surface area contributed by atoms with Gasteiger partial charge in [-0.15, -0.1) is 11.3 Å². The van der Waals surface area contributed by atoms with Crippen LogP contribution < -0.4 is 10.5 Å². The number of rotatable bonds is 4. The lowest BCUT2D eigenvalue weighted by molar-refractivity contribution is 0.767. The highest BCUT2D eigenvalue weighted by molar-refractivity contribution is 7.09. The Morgan fingerprint density at radius 1 is 1.24 bits per heavy atom. The Hall–Kier alpha value is -2.14. The summed E-state index contributed by atoms with van der Waals surface area (Å²) in [7, 11) is 0. The molecule has 1 fully saturated rings. The molecule has 0 saturated heterocycles. The largest absolute Gasteiger partial charge is 0.334 e. The lowest BCUT2D eigenvalue weighted by atomic mass is 10.2. The molecule has 0 aliphatic heterocycles. The fraction of sp³-hybridized carbons (Fsp3) is 0.250. The zero-order chi connectivity index (χ0) is 14.2. The number of thiophene rings is 1. The van der Waals surface area contributed by atoms with Crippen LogP contribution in [0.4, 0.5) is 5.95 Å². The molecule has 1 aliphatic rings. The number of anilines is 1. The maximum Gasteiger partial charge on any atom is 0.260 e. The summed E-state index contributed by atoms with van der Waals surface area (Å²) in [5, 5.41) is 2.73. The average Bonchev–Trinajstić information content (AvgIpc) is 3.21. The van der Waals surface area contributed by atoms with Crippen LogP contribution in [0.5, 0.6) is 0 Å². The SMILES string of the molecule is O=c1[nH]c(N(Cc2cccs2)C2CC2)nc2ccccc12. The molecule has 1 aromatic carbocycles. The average molecular weight is 297 g/mol. The third-order valence-electron chi connectivity index (χ3n) is 3.77. The van der Waals surface area contributed by atoms with E-state index in [1.807, 2.05) is 24.3 Å². The Balaban J connectivity index is 1.77. The standard InChI is InChI=1S/C16H15N3OS/c20-15-13-5-1-2-6-14(13)17-16(18-15)19(11-7-8-11)10-12-4-3-9-21-12/h1-6,9,11H,7-8,10H2,(H,17,18,20). The molecule has 21 heavy (non-hydrogen) atoms. The number of nitrogens with one attached hydrogen (secondary N) is 1. The second-order valence-corrected chi connectivity index (χ2v) is 6.38. The highest BCUT2D eigenvalue weighted by atomic mass is 32.1. The van der Waals surface area contributed by atoms with Crippen molar-refractivity contribution in [2.45, 2.75) is 25.4 Å². The van der Waals surface area contributed by atoms with Gasteiger partial charge in [-0.25, -0.2) is 4.98 Å². The smallest absolute Gasteiger partial charge is 0.260 e. The van der Waals surface area contributed by atoms with E-state index < -0.39 is 0 Å². The normalized spacial score (nSPS) is 14.5. The van der Waals surface area contributed by atoms with Gasteiger partial charge in [-0.1, -0.05) is 18.2 Å². The molecule has 0 bridgehead atoms. The third-order valence-corrected chi connectivity index (χ3v) is 4.63.